The standard InChI is InChI=1S/C22H16BrN3/c1-15-9-5-6-12-17(15)21-19(16-10-3-2-4-11-16)20(22(23)26-25-21)18-13-7-8-14-24-18/h2-14H,1H3. The van der Waals surface area contributed by atoms with Crippen molar-refractivity contribution in [2.45, 2.75) is 6.92 Å². The van der Waals surface area contributed by atoms with Crippen LogP contribution in [0.1, 0.15) is 5.56 Å². The molecule has 2 heterocycles. The molecule has 0 aliphatic rings. The van der Waals surface area contributed by atoms with Gasteiger partial charge in [-0.15, -0.1) is 10.2 Å². The highest BCUT2D eigenvalue weighted by Crippen LogP contribution is 2.41. The molecule has 0 unspecified atom stereocenters. The van der Waals surface area contributed by atoms with Crippen molar-refractivity contribution in [2.24, 2.45) is 0 Å². The van der Waals surface area contributed by atoms with Crippen LogP contribution in [-0.4, -0.2) is 15.2 Å². The van der Waals surface area contributed by atoms with E-state index in [4.69, 9.17) is 0 Å². The highest BCUT2D eigenvalue weighted by atomic mass is 79.9. The Morgan fingerprint density at radius 3 is 2.19 bits per heavy atom. The molecule has 4 rings (SSSR count). The van der Waals surface area contributed by atoms with Crippen molar-refractivity contribution >= 4 is 15.9 Å². The number of aryl methyl sites for hydroxylation is 1. The molecule has 3 nitrogen and oxygen atoms in total. The summed E-state index contributed by atoms with van der Waals surface area (Å²) in [6.45, 7) is 2.09. The summed E-state index contributed by atoms with van der Waals surface area (Å²) in [6, 6.07) is 24.4. The van der Waals surface area contributed by atoms with E-state index in [0.717, 1.165) is 39.2 Å². The van der Waals surface area contributed by atoms with E-state index in [9.17, 15) is 0 Å². The topological polar surface area (TPSA) is 38.7 Å². The van der Waals surface area contributed by atoms with Crippen molar-refractivity contribution in [3.8, 4) is 33.6 Å². The van der Waals surface area contributed by atoms with Crippen LogP contribution in [0.2, 0.25) is 0 Å². The van der Waals surface area contributed by atoms with Crippen LogP contribution in [-0.2, 0) is 0 Å². The lowest BCUT2D eigenvalue weighted by molar-refractivity contribution is 1.01. The van der Waals surface area contributed by atoms with Crippen LogP contribution in [0, 0.1) is 6.92 Å². The van der Waals surface area contributed by atoms with E-state index >= 15 is 0 Å². The minimum Gasteiger partial charge on any atom is -0.256 e. The molecule has 2 aromatic carbocycles. The van der Waals surface area contributed by atoms with Crippen LogP contribution < -0.4 is 0 Å². The van der Waals surface area contributed by atoms with Crippen molar-refractivity contribution in [2.75, 3.05) is 0 Å². The fourth-order valence-electron chi connectivity index (χ4n) is 3.07. The van der Waals surface area contributed by atoms with Gasteiger partial charge in [-0.25, -0.2) is 0 Å². The van der Waals surface area contributed by atoms with E-state index in [0.29, 0.717) is 4.60 Å². The molecule has 4 heteroatoms. The number of hydrogen-bond donors (Lipinski definition) is 0. The lowest BCUT2D eigenvalue weighted by Gasteiger charge is -2.16. The predicted octanol–water partition coefficient (Wildman–Crippen LogP) is 5.94. The predicted molar refractivity (Wildman–Crippen MR) is 109 cm³/mol. The Balaban J connectivity index is 2.10. The molecule has 0 saturated heterocycles. The van der Waals surface area contributed by atoms with E-state index in [1.165, 1.54) is 0 Å². The second-order valence-corrected chi connectivity index (χ2v) is 6.74. The maximum absolute atomic E-state index is 4.56. The van der Waals surface area contributed by atoms with Gasteiger partial charge in [-0.05, 0) is 46.1 Å². The van der Waals surface area contributed by atoms with E-state index in [2.05, 4.69) is 62.3 Å². The fourth-order valence-corrected chi connectivity index (χ4v) is 3.55. The summed E-state index contributed by atoms with van der Waals surface area (Å²) in [6.07, 6.45) is 1.80. The normalized spacial score (nSPS) is 10.7. The van der Waals surface area contributed by atoms with Gasteiger partial charge in [0.05, 0.1) is 5.69 Å². The second kappa shape index (κ2) is 7.18. The number of aromatic nitrogens is 3. The first-order valence-electron chi connectivity index (χ1n) is 8.34. The molecule has 0 amide bonds. The van der Waals surface area contributed by atoms with Crippen LogP contribution in [0.25, 0.3) is 33.6 Å². The molecular formula is C22H16BrN3. The Bertz CT molecular complexity index is 1050. The van der Waals surface area contributed by atoms with E-state index < -0.39 is 0 Å². The van der Waals surface area contributed by atoms with Gasteiger partial charge in [0.15, 0.2) is 0 Å². The van der Waals surface area contributed by atoms with Gasteiger partial charge in [-0.2, -0.15) is 0 Å². The van der Waals surface area contributed by atoms with Crippen LogP contribution in [0.15, 0.2) is 83.6 Å². The highest BCUT2D eigenvalue weighted by Gasteiger charge is 2.21. The van der Waals surface area contributed by atoms with Crippen LogP contribution in [0.3, 0.4) is 0 Å². The van der Waals surface area contributed by atoms with Gasteiger partial charge in [0, 0.05) is 22.9 Å². The number of rotatable bonds is 3. The summed E-state index contributed by atoms with van der Waals surface area (Å²) >= 11 is 3.59. The molecular weight excluding hydrogens is 386 g/mol. The van der Waals surface area contributed by atoms with E-state index in [-0.39, 0.29) is 0 Å². The summed E-state index contributed by atoms with van der Waals surface area (Å²) in [4.78, 5) is 4.56. The fraction of sp³-hybridized carbons (Fsp3) is 0.0455. The number of benzene rings is 2. The van der Waals surface area contributed by atoms with Crippen LogP contribution in [0.4, 0.5) is 0 Å². The summed E-state index contributed by atoms with van der Waals surface area (Å²) in [5.41, 5.74) is 7.02. The van der Waals surface area contributed by atoms with Gasteiger partial charge in [-0.3, -0.25) is 4.98 Å². The van der Waals surface area contributed by atoms with Gasteiger partial charge in [0.1, 0.15) is 10.3 Å². The molecule has 4 aromatic rings. The van der Waals surface area contributed by atoms with Gasteiger partial charge >= 0.3 is 0 Å². The molecule has 0 N–H and O–H groups in total. The van der Waals surface area contributed by atoms with Gasteiger partial charge in [-0.1, -0.05) is 60.7 Å². The Labute approximate surface area is 160 Å². The average Bonchev–Trinajstić information content (AvgIpc) is 2.70. The average molecular weight is 402 g/mol. The molecule has 0 fully saturated rings. The number of nitrogens with zero attached hydrogens (tertiary/aromatic N) is 3. The third kappa shape index (κ3) is 3.04. The third-order valence-electron chi connectivity index (χ3n) is 4.31. The monoisotopic (exact) mass is 401 g/mol. The van der Waals surface area contributed by atoms with Crippen molar-refractivity contribution in [3.05, 3.63) is 89.2 Å². The first-order valence-corrected chi connectivity index (χ1v) is 9.14. The first kappa shape index (κ1) is 16.6. The van der Waals surface area contributed by atoms with Crippen molar-refractivity contribution in [1.82, 2.24) is 15.2 Å². The van der Waals surface area contributed by atoms with Crippen molar-refractivity contribution in [1.29, 1.82) is 0 Å². The maximum Gasteiger partial charge on any atom is 0.138 e. The van der Waals surface area contributed by atoms with E-state index in [1.807, 2.05) is 48.5 Å². The van der Waals surface area contributed by atoms with Gasteiger partial charge in [0.25, 0.3) is 0 Å². The Hall–Kier alpha value is -2.85. The number of pyridine rings is 1. The van der Waals surface area contributed by atoms with Crippen molar-refractivity contribution in [3.63, 3.8) is 0 Å². The Morgan fingerprint density at radius 1 is 0.731 bits per heavy atom. The second-order valence-electron chi connectivity index (χ2n) is 5.99. The smallest absolute Gasteiger partial charge is 0.138 e. The zero-order chi connectivity index (χ0) is 17.9. The highest BCUT2D eigenvalue weighted by molar-refractivity contribution is 9.10. The van der Waals surface area contributed by atoms with Gasteiger partial charge in [0.2, 0.25) is 0 Å². The van der Waals surface area contributed by atoms with Crippen LogP contribution >= 0.6 is 15.9 Å². The molecule has 0 radical (unpaired) electrons. The third-order valence-corrected chi connectivity index (χ3v) is 4.87. The first-order chi connectivity index (χ1) is 12.8. The van der Waals surface area contributed by atoms with Gasteiger partial charge < -0.3 is 0 Å². The molecule has 0 saturated carbocycles. The zero-order valence-electron chi connectivity index (χ0n) is 14.2. The molecule has 2 aromatic heterocycles. The van der Waals surface area contributed by atoms with E-state index in [1.54, 1.807) is 6.20 Å². The summed E-state index contributed by atoms with van der Waals surface area (Å²) in [5, 5.41) is 8.93. The molecule has 126 valence electrons. The molecule has 0 aliphatic heterocycles. The Morgan fingerprint density at radius 2 is 1.46 bits per heavy atom. The minimum atomic E-state index is 0.687. The number of halogens is 1. The molecule has 26 heavy (non-hydrogen) atoms. The molecule has 0 bridgehead atoms. The maximum atomic E-state index is 4.56. The largest absolute Gasteiger partial charge is 0.256 e. The lowest BCUT2D eigenvalue weighted by atomic mass is 9.92. The number of hydrogen-bond acceptors (Lipinski definition) is 3. The minimum absolute atomic E-state index is 0.687. The molecule has 0 aliphatic carbocycles. The van der Waals surface area contributed by atoms with Crippen LogP contribution in [0.5, 0.6) is 0 Å². The quantitative estimate of drug-likeness (QED) is 0.426. The molecule has 0 atom stereocenters. The summed E-state index contributed by atoms with van der Waals surface area (Å²) in [7, 11) is 0. The Kier molecular flexibility index (Phi) is 4.59. The lowest BCUT2D eigenvalue weighted by Crippen LogP contribution is -2.00. The summed E-state index contributed by atoms with van der Waals surface area (Å²) < 4.78 is 0.687. The van der Waals surface area contributed by atoms with Crippen molar-refractivity contribution < 1.29 is 0 Å². The SMILES string of the molecule is Cc1ccccc1-c1nnc(Br)c(-c2ccccn2)c1-c1ccccc1. The molecule has 0 spiro atoms. The summed E-state index contributed by atoms with van der Waals surface area (Å²) in [5.74, 6) is 0. The zero-order valence-corrected chi connectivity index (χ0v) is 15.8.